The number of hydrogen-bond acceptors (Lipinski definition) is 3. The molecule has 0 unspecified atom stereocenters. The lowest BCUT2D eigenvalue weighted by molar-refractivity contribution is 0.174. The Kier molecular flexibility index (Phi) is 2.19. The van der Waals surface area contributed by atoms with Crippen molar-refractivity contribution < 1.29 is 9.47 Å². The molecule has 1 aliphatic heterocycles. The molecule has 3 nitrogen and oxygen atoms in total. The Labute approximate surface area is 76.8 Å². The minimum atomic E-state index is 0.308. The summed E-state index contributed by atoms with van der Waals surface area (Å²) in [5.74, 6) is 1.62. The fourth-order valence-electron chi connectivity index (χ4n) is 1.28. The normalized spacial score (nSPS) is 13.9. The molecule has 0 fully saturated rings. The van der Waals surface area contributed by atoms with Crippen LogP contribution >= 0.6 is 0 Å². The maximum atomic E-state index is 5.36. The summed E-state index contributed by atoms with van der Waals surface area (Å²) in [7, 11) is 0. The van der Waals surface area contributed by atoms with Crippen LogP contribution in [0.25, 0.3) is 6.08 Å². The second-order valence-corrected chi connectivity index (χ2v) is 2.72. The van der Waals surface area contributed by atoms with Crippen LogP contribution in [0.1, 0.15) is 5.56 Å². The number of benzene rings is 1. The van der Waals surface area contributed by atoms with Crippen LogP contribution in [0.15, 0.2) is 24.3 Å². The summed E-state index contributed by atoms with van der Waals surface area (Å²) >= 11 is 0. The highest BCUT2D eigenvalue weighted by atomic mass is 16.7. The van der Waals surface area contributed by atoms with Gasteiger partial charge in [-0.15, -0.1) is 0 Å². The maximum Gasteiger partial charge on any atom is 0.231 e. The van der Waals surface area contributed by atoms with Crippen LogP contribution in [-0.2, 0) is 0 Å². The fraction of sp³-hybridized carbons (Fsp3) is 0.200. The van der Waals surface area contributed by atoms with Crippen molar-refractivity contribution in [3.05, 3.63) is 29.8 Å². The summed E-state index contributed by atoms with van der Waals surface area (Å²) in [6.07, 6.45) is 3.82. The summed E-state index contributed by atoms with van der Waals surface area (Å²) in [6.45, 7) is 0.841. The van der Waals surface area contributed by atoms with Crippen LogP contribution in [0.4, 0.5) is 0 Å². The van der Waals surface area contributed by atoms with Crippen molar-refractivity contribution in [2.75, 3.05) is 13.3 Å². The van der Waals surface area contributed by atoms with Gasteiger partial charge in [0.15, 0.2) is 11.5 Å². The van der Waals surface area contributed by atoms with Crippen LogP contribution in [0.5, 0.6) is 11.5 Å². The third kappa shape index (κ3) is 1.51. The Hall–Kier alpha value is -1.48. The first kappa shape index (κ1) is 8.13. The molecule has 1 heterocycles. The highest BCUT2D eigenvalue weighted by Crippen LogP contribution is 2.35. The molecule has 0 atom stereocenters. The Morgan fingerprint density at radius 2 is 2.31 bits per heavy atom. The van der Waals surface area contributed by atoms with Gasteiger partial charge >= 0.3 is 0 Å². The molecule has 0 spiro atoms. The molecule has 13 heavy (non-hydrogen) atoms. The zero-order chi connectivity index (χ0) is 9.10. The van der Waals surface area contributed by atoms with E-state index < -0.39 is 0 Å². The molecule has 0 amide bonds. The van der Waals surface area contributed by atoms with Crippen molar-refractivity contribution in [3.63, 3.8) is 0 Å². The van der Waals surface area contributed by atoms with Crippen LogP contribution in [0.2, 0.25) is 0 Å². The van der Waals surface area contributed by atoms with E-state index in [1.54, 1.807) is 0 Å². The molecule has 0 saturated carbocycles. The number of para-hydroxylation sites is 1. The third-order valence-electron chi connectivity index (χ3n) is 1.86. The first-order valence-electron chi connectivity index (χ1n) is 4.17. The van der Waals surface area contributed by atoms with Crippen molar-refractivity contribution >= 4 is 6.08 Å². The maximum absolute atomic E-state index is 5.36. The standard InChI is InChI=1S/C10H11NO2/c11-6-2-4-8-3-1-5-9-10(8)13-7-12-9/h1-5H,6-7,11H2/b4-2+. The van der Waals surface area contributed by atoms with Gasteiger partial charge in [-0.25, -0.2) is 0 Å². The van der Waals surface area contributed by atoms with Gasteiger partial charge in [-0.3, -0.25) is 0 Å². The minimum Gasteiger partial charge on any atom is -0.454 e. The Morgan fingerprint density at radius 1 is 1.38 bits per heavy atom. The van der Waals surface area contributed by atoms with Gasteiger partial charge < -0.3 is 15.2 Å². The molecule has 0 saturated heterocycles. The highest BCUT2D eigenvalue weighted by molar-refractivity contribution is 5.63. The summed E-state index contributed by atoms with van der Waals surface area (Å²) in [6, 6.07) is 5.80. The van der Waals surface area contributed by atoms with E-state index in [4.69, 9.17) is 15.2 Å². The second kappa shape index (κ2) is 3.49. The zero-order valence-electron chi connectivity index (χ0n) is 7.19. The first-order chi connectivity index (χ1) is 6.42. The molecule has 0 radical (unpaired) electrons. The fourth-order valence-corrected chi connectivity index (χ4v) is 1.28. The van der Waals surface area contributed by atoms with Gasteiger partial charge in [-0.05, 0) is 6.07 Å². The van der Waals surface area contributed by atoms with E-state index in [0.717, 1.165) is 17.1 Å². The predicted molar refractivity (Wildman–Crippen MR) is 50.7 cm³/mol. The van der Waals surface area contributed by atoms with Crippen molar-refractivity contribution in [1.82, 2.24) is 0 Å². The number of nitrogens with two attached hydrogens (primary N) is 1. The SMILES string of the molecule is NC/C=C/c1cccc2c1OCO2. The average molecular weight is 177 g/mol. The van der Waals surface area contributed by atoms with Crippen LogP contribution in [0.3, 0.4) is 0 Å². The molecule has 0 aliphatic carbocycles. The minimum absolute atomic E-state index is 0.308. The van der Waals surface area contributed by atoms with E-state index in [9.17, 15) is 0 Å². The molecule has 1 aromatic rings. The van der Waals surface area contributed by atoms with E-state index in [1.807, 2.05) is 30.4 Å². The lowest BCUT2D eigenvalue weighted by Crippen LogP contribution is -1.94. The molecular formula is C10H11NO2. The molecule has 3 heteroatoms. The lowest BCUT2D eigenvalue weighted by Gasteiger charge is -1.99. The zero-order valence-corrected chi connectivity index (χ0v) is 7.19. The quantitative estimate of drug-likeness (QED) is 0.742. The summed E-state index contributed by atoms with van der Waals surface area (Å²) < 4.78 is 10.5. The Balaban J connectivity index is 2.36. The number of rotatable bonds is 2. The molecule has 2 N–H and O–H groups in total. The third-order valence-corrected chi connectivity index (χ3v) is 1.86. The van der Waals surface area contributed by atoms with E-state index in [2.05, 4.69) is 0 Å². The van der Waals surface area contributed by atoms with Crippen molar-refractivity contribution in [2.45, 2.75) is 0 Å². The Bertz CT molecular complexity index is 334. The molecule has 2 rings (SSSR count). The van der Waals surface area contributed by atoms with E-state index in [1.165, 1.54) is 0 Å². The van der Waals surface area contributed by atoms with Crippen LogP contribution in [-0.4, -0.2) is 13.3 Å². The molecular weight excluding hydrogens is 166 g/mol. The number of ether oxygens (including phenoxy) is 2. The highest BCUT2D eigenvalue weighted by Gasteiger charge is 2.14. The van der Waals surface area contributed by atoms with Gasteiger partial charge in [-0.2, -0.15) is 0 Å². The van der Waals surface area contributed by atoms with E-state index >= 15 is 0 Å². The summed E-state index contributed by atoms with van der Waals surface area (Å²) in [5, 5.41) is 0. The van der Waals surface area contributed by atoms with Gasteiger partial charge in [-0.1, -0.05) is 24.3 Å². The van der Waals surface area contributed by atoms with Gasteiger partial charge in [0.2, 0.25) is 6.79 Å². The molecule has 68 valence electrons. The predicted octanol–water partition coefficient (Wildman–Crippen LogP) is 1.39. The smallest absolute Gasteiger partial charge is 0.231 e. The average Bonchev–Trinajstić information content (AvgIpc) is 2.62. The number of fused-ring (bicyclic) bond motifs is 1. The molecule has 1 aliphatic rings. The Morgan fingerprint density at radius 3 is 3.15 bits per heavy atom. The second-order valence-electron chi connectivity index (χ2n) is 2.72. The summed E-state index contributed by atoms with van der Waals surface area (Å²) in [5.41, 5.74) is 6.38. The first-order valence-corrected chi connectivity index (χ1v) is 4.17. The van der Waals surface area contributed by atoms with Gasteiger partial charge in [0.05, 0.1) is 0 Å². The van der Waals surface area contributed by atoms with Gasteiger partial charge in [0.1, 0.15) is 0 Å². The molecule has 1 aromatic carbocycles. The molecule has 0 aromatic heterocycles. The van der Waals surface area contributed by atoms with Crippen LogP contribution in [0, 0.1) is 0 Å². The van der Waals surface area contributed by atoms with Crippen molar-refractivity contribution in [3.8, 4) is 11.5 Å². The van der Waals surface area contributed by atoms with Crippen molar-refractivity contribution in [1.29, 1.82) is 0 Å². The largest absolute Gasteiger partial charge is 0.454 e. The monoisotopic (exact) mass is 177 g/mol. The summed E-state index contributed by atoms with van der Waals surface area (Å²) in [4.78, 5) is 0. The van der Waals surface area contributed by atoms with E-state index in [-0.39, 0.29) is 0 Å². The lowest BCUT2D eigenvalue weighted by atomic mass is 10.2. The number of hydrogen-bond donors (Lipinski definition) is 1. The topological polar surface area (TPSA) is 44.5 Å². The van der Waals surface area contributed by atoms with E-state index in [0.29, 0.717) is 13.3 Å². The van der Waals surface area contributed by atoms with Crippen molar-refractivity contribution in [2.24, 2.45) is 5.73 Å². The van der Waals surface area contributed by atoms with Crippen LogP contribution < -0.4 is 15.2 Å². The van der Waals surface area contributed by atoms with Gasteiger partial charge in [0, 0.05) is 12.1 Å². The molecule has 0 bridgehead atoms. The van der Waals surface area contributed by atoms with Gasteiger partial charge in [0.25, 0.3) is 0 Å².